The van der Waals surface area contributed by atoms with Gasteiger partial charge in [-0.25, -0.2) is 8.42 Å². The number of sulfonamides is 1. The number of carbonyl (C=O) groups excluding carboxylic acids is 1. The molecule has 1 aromatic carbocycles. The van der Waals surface area contributed by atoms with Gasteiger partial charge in [-0.05, 0) is 55.0 Å². The number of aliphatic hydroxyl groups excluding tert-OH is 1. The molecule has 1 saturated carbocycles. The Balaban J connectivity index is 1.39. The molecule has 4 rings (SSSR count). The smallest absolute Gasteiger partial charge is 0.288 e. The molecule has 1 amide bonds. The SMILES string of the molecule is COc1ccc(S(=O)(=O)N(CCO)CCO[C@@H]2C[C@H](C3CCCC3)C=C(C(=O)N3CC3)O2)cc1. The average molecular weight is 495 g/mol. The number of hydrogen-bond acceptors (Lipinski definition) is 7. The predicted octanol–water partition coefficient (Wildman–Crippen LogP) is 1.97. The van der Waals surface area contributed by atoms with Gasteiger partial charge in [-0.3, -0.25) is 4.79 Å². The summed E-state index contributed by atoms with van der Waals surface area (Å²) in [7, 11) is -2.30. The molecule has 1 aliphatic carbocycles. The zero-order valence-corrected chi connectivity index (χ0v) is 20.4. The van der Waals surface area contributed by atoms with Crippen molar-refractivity contribution in [2.75, 3.05) is 46.5 Å². The number of nitrogens with zero attached hydrogens (tertiary/aromatic N) is 2. The lowest BCUT2D eigenvalue weighted by molar-refractivity contribution is -0.153. The second-order valence-electron chi connectivity index (χ2n) is 8.99. The third kappa shape index (κ3) is 5.91. The lowest BCUT2D eigenvalue weighted by atomic mass is 9.86. The van der Waals surface area contributed by atoms with Crippen LogP contribution in [0.25, 0.3) is 0 Å². The molecular formula is C24H34N2O7S. The zero-order chi connectivity index (χ0) is 24.1. The lowest BCUT2D eigenvalue weighted by Gasteiger charge is -2.32. The molecule has 0 unspecified atom stereocenters. The number of carbonyl (C=O) groups is 1. The van der Waals surface area contributed by atoms with E-state index in [1.54, 1.807) is 17.0 Å². The van der Waals surface area contributed by atoms with E-state index < -0.39 is 16.3 Å². The van der Waals surface area contributed by atoms with Crippen molar-refractivity contribution < 1.29 is 32.5 Å². The van der Waals surface area contributed by atoms with Crippen LogP contribution in [0, 0.1) is 11.8 Å². The highest BCUT2D eigenvalue weighted by Crippen LogP contribution is 2.38. The van der Waals surface area contributed by atoms with E-state index >= 15 is 0 Å². The van der Waals surface area contributed by atoms with Gasteiger partial charge in [0.2, 0.25) is 16.3 Å². The number of ether oxygens (including phenoxy) is 3. The van der Waals surface area contributed by atoms with Crippen LogP contribution in [0.4, 0.5) is 0 Å². The second-order valence-corrected chi connectivity index (χ2v) is 10.9. The van der Waals surface area contributed by atoms with Gasteiger partial charge in [-0.1, -0.05) is 12.8 Å². The quantitative estimate of drug-likeness (QED) is 0.469. The first-order valence-corrected chi connectivity index (χ1v) is 13.4. The summed E-state index contributed by atoms with van der Waals surface area (Å²) in [6.45, 7) is 1.28. The molecule has 2 atom stereocenters. The van der Waals surface area contributed by atoms with Crippen LogP contribution in [0.1, 0.15) is 32.1 Å². The van der Waals surface area contributed by atoms with E-state index in [0.717, 1.165) is 25.9 Å². The van der Waals surface area contributed by atoms with Crippen LogP contribution in [0.15, 0.2) is 41.0 Å². The summed E-state index contributed by atoms with van der Waals surface area (Å²) >= 11 is 0. The van der Waals surface area contributed by atoms with E-state index in [0.29, 0.717) is 23.8 Å². The summed E-state index contributed by atoms with van der Waals surface area (Å²) in [6.07, 6.45) is 6.71. The number of aliphatic hydroxyl groups is 1. The van der Waals surface area contributed by atoms with Crippen molar-refractivity contribution in [2.45, 2.75) is 43.3 Å². The van der Waals surface area contributed by atoms with Crippen LogP contribution in [0.3, 0.4) is 0 Å². The summed E-state index contributed by atoms with van der Waals surface area (Å²) in [5.74, 6) is 1.55. The molecule has 10 heteroatoms. The number of allylic oxidation sites excluding steroid dienone is 1. The first kappa shape index (κ1) is 25.0. The molecule has 188 valence electrons. The summed E-state index contributed by atoms with van der Waals surface area (Å²) in [5.41, 5.74) is 0. The van der Waals surface area contributed by atoms with Crippen molar-refractivity contribution in [1.29, 1.82) is 0 Å². The van der Waals surface area contributed by atoms with Gasteiger partial charge in [0.1, 0.15) is 5.75 Å². The van der Waals surface area contributed by atoms with Gasteiger partial charge in [0, 0.05) is 32.6 Å². The Morgan fingerprint density at radius 2 is 1.88 bits per heavy atom. The summed E-state index contributed by atoms with van der Waals surface area (Å²) < 4.78 is 44.3. The van der Waals surface area contributed by atoms with Crippen molar-refractivity contribution in [2.24, 2.45) is 11.8 Å². The standard InChI is InChI=1S/C24H34N2O7S/c1-31-20-6-8-21(9-7-20)34(29,30)26(12-14-27)13-15-32-23-17-19(18-4-2-3-5-18)16-22(33-23)24(28)25-10-11-25/h6-9,16,18-19,23,27H,2-5,10-15,17H2,1H3/t19-,23+/m1/s1. The van der Waals surface area contributed by atoms with Crippen molar-refractivity contribution in [3.05, 3.63) is 36.1 Å². The maximum Gasteiger partial charge on any atom is 0.288 e. The first-order valence-electron chi connectivity index (χ1n) is 12.0. The molecular weight excluding hydrogens is 460 g/mol. The predicted molar refractivity (Wildman–Crippen MR) is 124 cm³/mol. The molecule has 0 bridgehead atoms. The fourth-order valence-electron chi connectivity index (χ4n) is 4.71. The van der Waals surface area contributed by atoms with Crippen LogP contribution in [0.2, 0.25) is 0 Å². The highest BCUT2D eigenvalue weighted by atomic mass is 32.2. The van der Waals surface area contributed by atoms with Crippen LogP contribution < -0.4 is 4.74 Å². The molecule has 2 aliphatic heterocycles. The normalized spacial score (nSPS) is 23.0. The Hall–Kier alpha value is -2.14. The molecule has 0 aromatic heterocycles. The van der Waals surface area contributed by atoms with Gasteiger partial charge in [-0.2, -0.15) is 4.31 Å². The van der Waals surface area contributed by atoms with E-state index in [4.69, 9.17) is 14.2 Å². The molecule has 2 heterocycles. The van der Waals surface area contributed by atoms with Gasteiger partial charge >= 0.3 is 0 Å². The molecule has 1 aromatic rings. The van der Waals surface area contributed by atoms with E-state index in [9.17, 15) is 18.3 Å². The van der Waals surface area contributed by atoms with E-state index in [-0.39, 0.29) is 43.0 Å². The minimum Gasteiger partial charge on any atom is -0.497 e. The Bertz CT molecular complexity index is 970. The van der Waals surface area contributed by atoms with Crippen molar-refractivity contribution in [1.82, 2.24) is 9.21 Å². The Morgan fingerprint density at radius 3 is 2.50 bits per heavy atom. The number of amides is 1. The highest BCUT2D eigenvalue weighted by Gasteiger charge is 2.37. The summed E-state index contributed by atoms with van der Waals surface area (Å²) in [4.78, 5) is 14.5. The van der Waals surface area contributed by atoms with Gasteiger partial charge in [-0.15, -0.1) is 0 Å². The molecule has 2 fully saturated rings. The fourth-order valence-corrected chi connectivity index (χ4v) is 6.12. The number of hydrogen-bond donors (Lipinski definition) is 1. The molecule has 3 aliphatic rings. The van der Waals surface area contributed by atoms with Gasteiger partial charge in [0.05, 0.1) is 25.2 Å². The molecule has 34 heavy (non-hydrogen) atoms. The van der Waals surface area contributed by atoms with E-state index in [2.05, 4.69) is 0 Å². The summed E-state index contributed by atoms with van der Waals surface area (Å²) in [6, 6.07) is 6.12. The first-order chi connectivity index (χ1) is 16.4. The molecule has 1 saturated heterocycles. The number of methoxy groups -OCH3 is 1. The van der Waals surface area contributed by atoms with Gasteiger partial charge in [0.25, 0.3) is 5.91 Å². The van der Waals surface area contributed by atoms with Crippen molar-refractivity contribution in [3.8, 4) is 5.75 Å². The summed E-state index contributed by atoms with van der Waals surface area (Å²) in [5, 5.41) is 9.45. The second kappa shape index (κ2) is 11.1. The van der Waals surface area contributed by atoms with Gasteiger partial charge in [0.15, 0.2) is 5.76 Å². The molecule has 0 spiro atoms. The highest BCUT2D eigenvalue weighted by molar-refractivity contribution is 7.89. The minimum absolute atomic E-state index is 0.0491. The fraction of sp³-hybridized carbons (Fsp3) is 0.625. The number of rotatable bonds is 11. The van der Waals surface area contributed by atoms with Crippen molar-refractivity contribution in [3.63, 3.8) is 0 Å². The largest absolute Gasteiger partial charge is 0.497 e. The third-order valence-corrected chi connectivity index (χ3v) is 8.64. The van der Waals surface area contributed by atoms with Crippen molar-refractivity contribution >= 4 is 15.9 Å². The molecule has 0 radical (unpaired) electrons. The van der Waals surface area contributed by atoms with E-state index in [1.807, 2.05) is 6.08 Å². The molecule has 1 N–H and O–H groups in total. The van der Waals surface area contributed by atoms with E-state index in [1.165, 1.54) is 36.4 Å². The zero-order valence-electron chi connectivity index (χ0n) is 19.6. The van der Waals surface area contributed by atoms with Crippen LogP contribution >= 0.6 is 0 Å². The molecule has 9 nitrogen and oxygen atoms in total. The van der Waals surface area contributed by atoms with Crippen LogP contribution in [0.5, 0.6) is 5.75 Å². The lowest BCUT2D eigenvalue weighted by Crippen LogP contribution is -2.38. The Morgan fingerprint density at radius 1 is 1.18 bits per heavy atom. The number of benzene rings is 1. The topological polar surface area (TPSA) is 105 Å². The Labute approximate surface area is 201 Å². The third-order valence-electron chi connectivity index (χ3n) is 6.73. The van der Waals surface area contributed by atoms with Gasteiger partial charge < -0.3 is 24.2 Å². The maximum absolute atomic E-state index is 13.1. The average Bonchev–Trinajstić information content (AvgIpc) is 3.56. The monoisotopic (exact) mass is 494 g/mol. The Kier molecular flexibility index (Phi) is 8.13. The van der Waals surface area contributed by atoms with Crippen LogP contribution in [-0.2, 0) is 24.3 Å². The maximum atomic E-state index is 13.1. The van der Waals surface area contributed by atoms with Crippen LogP contribution in [-0.4, -0.2) is 81.4 Å². The minimum atomic E-state index is -3.82.